The van der Waals surface area contributed by atoms with Crippen molar-refractivity contribution in [3.05, 3.63) is 23.8 Å². The Kier molecular flexibility index (Phi) is 5.37. The van der Waals surface area contributed by atoms with Crippen LogP contribution >= 0.6 is 12.0 Å². The van der Waals surface area contributed by atoms with Gasteiger partial charge in [-0.2, -0.15) is 0 Å². The van der Waals surface area contributed by atoms with Crippen LogP contribution in [-0.4, -0.2) is 31.1 Å². The van der Waals surface area contributed by atoms with E-state index in [1.165, 1.54) is 12.1 Å². The lowest BCUT2D eigenvalue weighted by Gasteiger charge is -2.07. The van der Waals surface area contributed by atoms with Gasteiger partial charge in [-0.3, -0.25) is 0 Å². The van der Waals surface area contributed by atoms with Crippen LogP contribution in [0.2, 0.25) is 0 Å². The first kappa shape index (κ1) is 14.4. The molecule has 1 aromatic rings. The number of aryl methyl sites for hydroxylation is 1. The number of sulfone groups is 1. The Morgan fingerprint density at radius 3 is 2.71 bits per heavy atom. The average Bonchev–Trinajstić information content (AvgIpc) is 2.27. The third kappa shape index (κ3) is 3.95. The highest BCUT2D eigenvalue weighted by Gasteiger charge is 2.15. The first-order chi connectivity index (χ1) is 8.01. The molecule has 0 radical (unpaired) electrons. The van der Waals surface area contributed by atoms with Crippen LogP contribution in [-0.2, 0) is 19.2 Å². The minimum atomic E-state index is -3.50. The highest BCUT2D eigenvalue weighted by Crippen LogP contribution is 2.26. The smallest absolute Gasteiger partial charge is 0.180 e. The van der Waals surface area contributed by atoms with E-state index in [2.05, 4.69) is 9.37 Å². The lowest BCUT2D eigenvalue weighted by atomic mass is 10.2. The second-order valence-electron chi connectivity index (χ2n) is 3.20. The lowest BCUT2D eigenvalue weighted by Crippen LogP contribution is -2.10. The van der Waals surface area contributed by atoms with Gasteiger partial charge in [-0.15, -0.1) is 4.33 Å². The zero-order valence-corrected chi connectivity index (χ0v) is 10.6. The Labute approximate surface area is 103 Å². The summed E-state index contributed by atoms with van der Waals surface area (Å²) in [6.45, 7) is 1.32. The SMILES string of the molecule is Cc1ccc(S(=O)(=O)CCO)cc1SOOO. The summed E-state index contributed by atoms with van der Waals surface area (Å²) < 4.78 is 27.6. The largest absolute Gasteiger partial charge is 0.395 e. The maximum absolute atomic E-state index is 11.7. The molecule has 1 rings (SSSR count). The normalized spacial score (nSPS) is 11.7. The van der Waals surface area contributed by atoms with Gasteiger partial charge in [0.25, 0.3) is 0 Å². The van der Waals surface area contributed by atoms with Crippen LogP contribution in [0.15, 0.2) is 28.0 Å². The fourth-order valence-electron chi connectivity index (χ4n) is 1.15. The van der Waals surface area contributed by atoms with Gasteiger partial charge in [0.2, 0.25) is 0 Å². The fraction of sp³-hybridized carbons (Fsp3) is 0.333. The zero-order chi connectivity index (χ0) is 12.9. The molecule has 0 saturated heterocycles. The molecule has 0 fully saturated rings. The van der Waals surface area contributed by atoms with Crippen molar-refractivity contribution >= 4 is 21.9 Å². The molecule has 0 unspecified atom stereocenters. The van der Waals surface area contributed by atoms with E-state index >= 15 is 0 Å². The maximum Gasteiger partial charge on any atom is 0.180 e. The predicted molar refractivity (Wildman–Crippen MR) is 61.0 cm³/mol. The Morgan fingerprint density at radius 2 is 2.12 bits per heavy atom. The van der Waals surface area contributed by atoms with Gasteiger partial charge in [-0.1, -0.05) is 11.1 Å². The first-order valence-electron chi connectivity index (χ1n) is 4.60. The third-order valence-electron chi connectivity index (χ3n) is 2.03. The molecule has 17 heavy (non-hydrogen) atoms. The first-order valence-corrected chi connectivity index (χ1v) is 6.99. The van der Waals surface area contributed by atoms with Crippen molar-refractivity contribution in [2.75, 3.05) is 12.4 Å². The third-order valence-corrected chi connectivity index (χ3v) is 4.47. The molecule has 0 saturated carbocycles. The van der Waals surface area contributed by atoms with Crippen LogP contribution in [0.25, 0.3) is 0 Å². The van der Waals surface area contributed by atoms with E-state index in [1.54, 1.807) is 13.0 Å². The summed E-state index contributed by atoms with van der Waals surface area (Å²) in [6, 6.07) is 4.45. The maximum atomic E-state index is 11.7. The Bertz CT molecular complexity index is 470. The Hall–Kier alpha value is -0.640. The van der Waals surface area contributed by atoms with Gasteiger partial charge in [0.1, 0.15) is 0 Å². The Balaban J connectivity index is 3.03. The molecule has 0 aliphatic heterocycles. The summed E-state index contributed by atoms with van der Waals surface area (Å²) in [4.78, 5) is 0.583. The zero-order valence-electron chi connectivity index (χ0n) is 8.99. The molecule has 0 amide bonds. The highest BCUT2D eigenvalue weighted by molar-refractivity contribution is 7.94. The summed E-state index contributed by atoms with van der Waals surface area (Å²) in [5.41, 5.74) is 0.773. The predicted octanol–water partition coefficient (Wildman–Crippen LogP) is 1.19. The molecule has 1 aromatic carbocycles. The lowest BCUT2D eigenvalue weighted by molar-refractivity contribution is -0.432. The molecule has 0 bridgehead atoms. The molecular formula is C9H12O6S2. The van der Waals surface area contributed by atoms with Crippen LogP contribution < -0.4 is 0 Å². The van der Waals surface area contributed by atoms with Crippen LogP contribution in [0, 0.1) is 6.92 Å². The van der Waals surface area contributed by atoms with Gasteiger partial charge in [0, 0.05) is 4.90 Å². The minimum absolute atomic E-state index is 0.0844. The molecule has 96 valence electrons. The van der Waals surface area contributed by atoms with Crippen molar-refractivity contribution in [3.8, 4) is 0 Å². The number of aliphatic hydroxyl groups excluding tert-OH is 1. The van der Waals surface area contributed by atoms with Crippen molar-refractivity contribution in [2.24, 2.45) is 0 Å². The molecular weight excluding hydrogens is 268 g/mol. The van der Waals surface area contributed by atoms with E-state index < -0.39 is 16.4 Å². The van der Waals surface area contributed by atoms with E-state index in [-0.39, 0.29) is 10.6 Å². The van der Waals surface area contributed by atoms with Crippen molar-refractivity contribution < 1.29 is 28.2 Å². The van der Waals surface area contributed by atoms with Gasteiger partial charge in [0.15, 0.2) is 9.84 Å². The number of benzene rings is 1. The Morgan fingerprint density at radius 1 is 1.41 bits per heavy atom. The van der Waals surface area contributed by atoms with Crippen molar-refractivity contribution in [1.82, 2.24) is 0 Å². The second kappa shape index (κ2) is 6.34. The van der Waals surface area contributed by atoms with E-state index in [0.29, 0.717) is 16.9 Å². The van der Waals surface area contributed by atoms with E-state index in [4.69, 9.17) is 10.4 Å². The summed E-state index contributed by atoms with van der Waals surface area (Å²) in [7, 11) is -3.50. The van der Waals surface area contributed by atoms with Crippen LogP contribution in [0.1, 0.15) is 5.56 Å². The average molecular weight is 280 g/mol. The molecule has 6 nitrogen and oxygen atoms in total. The molecule has 0 aromatic heterocycles. The monoisotopic (exact) mass is 280 g/mol. The minimum Gasteiger partial charge on any atom is -0.395 e. The summed E-state index contributed by atoms with van der Waals surface area (Å²) in [5, 5.41) is 20.2. The quantitative estimate of drug-likeness (QED) is 0.459. The molecule has 0 aliphatic rings. The summed E-state index contributed by atoms with van der Waals surface area (Å²) in [5.74, 6) is -0.336. The van der Waals surface area contributed by atoms with Crippen LogP contribution in [0.5, 0.6) is 0 Å². The number of hydrogen-bond acceptors (Lipinski definition) is 7. The standard InChI is InChI=1S/C9H12O6S2/c1-7-2-3-8(17(12,13)5-4-10)6-9(7)16-15-14-11/h2-3,6,10-11H,4-5H2,1H3. The van der Waals surface area contributed by atoms with Gasteiger partial charge in [0.05, 0.1) is 29.3 Å². The number of hydrogen-bond donors (Lipinski definition) is 2. The molecule has 2 N–H and O–H groups in total. The molecule has 0 aliphatic carbocycles. The van der Waals surface area contributed by atoms with Gasteiger partial charge in [-0.05, 0) is 24.6 Å². The molecule has 0 atom stereocenters. The van der Waals surface area contributed by atoms with Crippen molar-refractivity contribution in [1.29, 1.82) is 0 Å². The molecule has 8 heteroatoms. The molecule has 0 heterocycles. The summed E-state index contributed by atoms with van der Waals surface area (Å²) in [6.07, 6.45) is 0. The van der Waals surface area contributed by atoms with E-state index in [9.17, 15) is 8.42 Å². The number of aliphatic hydroxyl groups is 1. The van der Waals surface area contributed by atoms with Gasteiger partial charge >= 0.3 is 0 Å². The topological polar surface area (TPSA) is 93.1 Å². The van der Waals surface area contributed by atoms with Crippen LogP contribution in [0.3, 0.4) is 0 Å². The number of rotatable bonds is 6. The van der Waals surface area contributed by atoms with E-state index in [1.807, 2.05) is 0 Å². The van der Waals surface area contributed by atoms with E-state index in [0.717, 1.165) is 5.56 Å². The van der Waals surface area contributed by atoms with Gasteiger partial charge in [-0.25, -0.2) is 13.7 Å². The van der Waals surface area contributed by atoms with Crippen LogP contribution in [0.4, 0.5) is 0 Å². The highest BCUT2D eigenvalue weighted by atomic mass is 32.2. The second-order valence-corrected chi connectivity index (χ2v) is 6.05. The van der Waals surface area contributed by atoms with Crippen molar-refractivity contribution in [2.45, 2.75) is 16.7 Å². The summed E-state index contributed by atoms with van der Waals surface area (Å²) >= 11 is 0.696. The molecule has 0 spiro atoms. The van der Waals surface area contributed by atoms with Gasteiger partial charge < -0.3 is 5.11 Å². The van der Waals surface area contributed by atoms with Crippen molar-refractivity contribution in [3.63, 3.8) is 0 Å². The fourth-order valence-corrected chi connectivity index (χ4v) is 2.76.